The molecule has 5 heteroatoms. The summed E-state index contributed by atoms with van der Waals surface area (Å²) in [5.74, 6) is 0.680. The number of nitrogens with one attached hydrogen (secondary N) is 1. The zero-order chi connectivity index (χ0) is 18.5. The molecular formula is C21H18ClNO3. The highest BCUT2D eigenvalue weighted by Crippen LogP contribution is 2.36. The number of carbonyl (C=O) groups is 1. The number of benzene rings is 3. The van der Waals surface area contributed by atoms with Crippen LogP contribution in [-0.2, 0) is 0 Å². The van der Waals surface area contributed by atoms with Crippen LogP contribution in [0, 0.1) is 0 Å². The van der Waals surface area contributed by atoms with Gasteiger partial charge in [-0.1, -0.05) is 54.1 Å². The van der Waals surface area contributed by atoms with Gasteiger partial charge in [0.25, 0.3) is 5.91 Å². The van der Waals surface area contributed by atoms with Gasteiger partial charge in [0.15, 0.2) is 0 Å². The molecule has 0 aliphatic rings. The fourth-order valence-electron chi connectivity index (χ4n) is 2.60. The van der Waals surface area contributed by atoms with E-state index >= 15 is 0 Å². The summed E-state index contributed by atoms with van der Waals surface area (Å²) in [5.41, 5.74) is 3.18. The molecule has 3 aromatic rings. The quantitative estimate of drug-likeness (QED) is 0.667. The molecule has 0 atom stereocenters. The Labute approximate surface area is 157 Å². The van der Waals surface area contributed by atoms with Gasteiger partial charge in [0.05, 0.1) is 24.9 Å². The summed E-state index contributed by atoms with van der Waals surface area (Å²) in [6.45, 7) is 0. The van der Waals surface area contributed by atoms with Crippen LogP contribution in [0.2, 0.25) is 5.02 Å². The van der Waals surface area contributed by atoms with Crippen LogP contribution in [0.5, 0.6) is 11.5 Å². The molecule has 26 heavy (non-hydrogen) atoms. The van der Waals surface area contributed by atoms with Crippen molar-refractivity contribution >= 4 is 23.2 Å². The van der Waals surface area contributed by atoms with Gasteiger partial charge in [-0.15, -0.1) is 0 Å². The molecule has 1 N–H and O–H groups in total. The van der Waals surface area contributed by atoms with Crippen molar-refractivity contribution in [1.82, 2.24) is 0 Å². The van der Waals surface area contributed by atoms with Crippen molar-refractivity contribution in [3.8, 4) is 22.6 Å². The predicted octanol–water partition coefficient (Wildman–Crippen LogP) is 5.28. The van der Waals surface area contributed by atoms with E-state index in [0.29, 0.717) is 27.8 Å². The number of rotatable bonds is 5. The van der Waals surface area contributed by atoms with Crippen LogP contribution < -0.4 is 14.8 Å². The molecule has 132 valence electrons. The number of carbonyl (C=O) groups excluding carboxylic acids is 1. The standard InChI is InChI=1S/C21H18ClNO3/c1-25-19-13-18(20(26-2)12-17(19)22)23-21(24)16-10-8-15(9-11-16)14-6-4-3-5-7-14/h3-13H,1-2H3,(H,23,24). The monoisotopic (exact) mass is 367 g/mol. The van der Waals surface area contributed by atoms with Crippen molar-refractivity contribution in [2.45, 2.75) is 0 Å². The van der Waals surface area contributed by atoms with E-state index in [9.17, 15) is 4.79 Å². The lowest BCUT2D eigenvalue weighted by atomic mass is 10.0. The maximum Gasteiger partial charge on any atom is 0.255 e. The van der Waals surface area contributed by atoms with E-state index in [0.717, 1.165) is 11.1 Å². The fourth-order valence-corrected chi connectivity index (χ4v) is 2.83. The topological polar surface area (TPSA) is 47.6 Å². The van der Waals surface area contributed by atoms with Crippen LogP contribution in [0.3, 0.4) is 0 Å². The number of methoxy groups -OCH3 is 2. The molecule has 0 saturated carbocycles. The van der Waals surface area contributed by atoms with Gasteiger partial charge in [-0.3, -0.25) is 4.79 Å². The second-order valence-corrected chi connectivity index (χ2v) is 5.99. The average molecular weight is 368 g/mol. The summed E-state index contributed by atoms with van der Waals surface area (Å²) in [4.78, 5) is 12.6. The summed E-state index contributed by atoms with van der Waals surface area (Å²) in [7, 11) is 3.03. The third-order valence-electron chi connectivity index (χ3n) is 3.98. The molecule has 1 amide bonds. The predicted molar refractivity (Wildman–Crippen MR) is 104 cm³/mol. The van der Waals surface area contributed by atoms with E-state index in [1.807, 2.05) is 42.5 Å². The van der Waals surface area contributed by atoms with Crippen molar-refractivity contribution in [2.24, 2.45) is 0 Å². The number of ether oxygens (including phenoxy) is 2. The maximum absolute atomic E-state index is 12.6. The summed E-state index contributed by atoms with van der Waals surface area (Å²) >= 11 is 6.09. The molecule has 4 nitrogen and oxygen atoms in total. The van der Waals surface area contributed by atoms with E-state index in [4.69, 9.17) is 21.1 Å². The van der Waals surface area contributed by atoms with E-state index < -0.39 is 0 Å². The first-order valence-electron chi connectivity index (χ1n) is 8.00. The van der Waals surface area contributed by atoms with Crippen LogP contribution in [0.15, 0.2) is 66.7 Å². The van der Waals surface area contributed by atoms with Crippen LogP contribution in [0.4, 0.5) is 5.69 Å². The first-order chi connectivity index (χ1) is 12.6. The number of hydrogen-bond donors (Lipinski definition) is 1. The lowest BCUT2D eigenvalue weighted by Crippen LogP contribution is -2.12. The first-order valence-corrected chi connectivity index (χ1v) is 8.38. The number of amides is 1. The molecule has 0 saturated heterocycles. The summed E-state index contributed by atoms with van der Waals surface area (Å²) in [6, 6.07) is 20.7. The van der Waals surface area contributed by atoms with Crippen LogP contribution in [0.1, 0.15) is 10.4 Å². The van der Waals surface area contributed by atoms with Gasteiger partial charge < -0.3 is 14.8 Å². The van der Waals surface area contributed by atoms with Crippen molar-refractivity contribution < 1.29 is 14.3 Å². The van der Waals surface area contributed by atoms with Crippen molar-refractivity contribution in [3.63, 3.8) is 0 Å². The third-order valence-corrected chi connectivity index (χ3v) is 4.27. The second kappa shape index (κ2) is 7.93. The second-order valence-electron chi connectivity index (χ2n) is 5.58. The Bertz CT molecular complexity index is 909. The van der Waals surface area contributed by atoms with Gasteiger partial charge in [-0.25, -0.2) is 0 Å². The molecule has 0 aliphatic carbocycles. The lowest BCUT2D eigenvalue weighted by molar-refractivity contribution is 0.102. The van der Waals surface area contributed by atoms with Gasteiger partial charge in [0.1, 0.15) is 11.5 Å². The SMILES string of the molecule is COc1cc(NC(=O)c2ccc(-c3ccccc3)cc2)c(OC)cc1Cl. The Balaban J connectivity index is 1.82. The molecule has 0 aromatic heterocycles. The van der Waals surface area contributed by atoms with Gasteiger partial charge in [-0.05, 0) is 23.3 Å². The van der Waals surface area contributed by atoms with Crippen molar-refractivity contribution in [1.29, 1.82) is 0 Å². The van der Waals surface area contributed by atoms with Gasteiger partial charge in [-0.2, -0.15) is 0 Å². The fraction of sp³-hybridized carbons (Fsp3) is 0.0952. The Morgan fingerprint density at radius 3 is 2.08 bits per heavy atom. The molecule has 0 bridgehead atoms. The Hall–Kier alpha value is -2.98. The Morgan fingerprint density at radius 2 is 1.46 bits per heavy atom. The van der Waals surface area contributed by atoms with Crippen molar-refractivity contribution in [3.05, 3.63) is 77.3 Å². The van der Waals surface area contributed by atoms with Gasteiger partial charge >= 0.3 is 0 Å². The molecular weight excluding hydrogens is 350 g/mol. The normalized spacial score (nSPS) is 10.3. The summed E-state index contributed by atoms with van der Waals surface area (Å²) < 4.78 is 10.5. The summed E-state index contributed by atoms with van der Waals surface area (Å²) in [6.07, 6.45) is 0. The molecule has 0 heterocycles. The molecule has 0 radical (unpaired) electrons. The smallest absolute Gasteiger partial charge is 0.255 e. The molecule has 0 aliphatic heterocycles. The maximum atomic E-state index is 12.6. The minimum Gasteiger partial charge on any atom is -0.495 e. The molecule has 0 spiro atoms. The van der Waals surface area contributed by atoms with Gasteiger partial charge in [0.2, 0.25) is 0 Å². The van der Waals surface area contributed by atoms with Crippen LogP contribution in [0.25, 0.3) is 11.1 Å². The molecule has 3 rings (SSSR count). The highest BCUT2D eigenvalue weighted by atomic mass is 35.5. The Morgan fingerprint density at radius 1 is 0.846 bits per heavy atom. The van der Waals surface area contributed by atoms with Gasteiger partial charge in [0, 0.05) is 17.7 Å². The van der Waals surface area contributed by atoms with E-state index in [1.165, 1.54) is 14.2 Å². The zero-order valence-electron chi connectivity index (χ0n) is 14.5. The zero-order valence-corrected chi connectivity index (χ0v) is 15.2. The largest absolute Gasteiger partial charge is 0.495 e. The van der Waals surface area contributed by atoms with Crippen LogP contribution in [-0.4, -0.2) is 20.1 Å². The van der Waals surface area contributed by atoms with Crippen LogP contribution >= 0.6 is 11.6 Å². The lowest BCUT2D eigenvalue weighted by Gasteiger charge is -2.13. The number of halogens is 1. The van der Waals surface area contributed by atoms with E-state index in [-0.39, 0.29) is 5.91 Å². The third kappa shape index (κ3) is 3.81. The van der Waals surface area contributed by atoms with E-state index in [2.05, 4.69) is 5.32 Å². The number of anilines is 1. The highest BCUT2D eigenvalue weighted by molar-refractivity contribution is 6.32. The number of hydrogen-bond acceptors (Lipinski definition) is 3. The van der Waals surface area contributed by atoms with E-state index in [1.54, 1.807) is 24.3 Å². The first kappa shape index (κ1) is 17.8. The molecule has 3 aromatic carbocycles. The highest BCUT2D eigenvalue weighted by Gasteiger charge is 2.14. The van der Waals surface area contributed by atoms with Crippen molar-refractivity contribution in [2.75, 3.05) is 19.5 Å². The minimum absolute atomic E-state index is 0.243. The molecule has 0 fully saturated rings. The minimum atomic E-state index is -0.243. The molecule has 0 unspecified atom stereocenters. The Kier molecular flexibility index (Phi) is 5.44. The average Bonchev–Trinajstić information content (AvgIpc) is 2.69. The summed E-state index contributed by atoms with van der Waals surface area (Å²) in [5, 5.41) is 3.25.